The highest BCUT2D eigenvalue weighted by Crippen LogP contribution is 2.34. The summed E-state index contributed by atoms with van der Waals surface area (Å²) in [6.45, 7) is 2.13. The highest BCUT2D eigenvalue weighted by molar-refractivity contribution is 5.82. The average Bonchev–Trinajstić information content (AvgIpc) is 3.38. The van der Waals surface area contributed by atoms with Crippen LogP contribution < -0.4 is 19.7 Å². The third kappa shape index (κ3) is 4.14. The molecule has 4 aromatic rings. The minimum Gasteiger partial charge on any atom is -0.495 e. The first kappa shape index (κ1) is 21.4. The molecule has 6 rings (SSSR count). The fourth-order valence-electron chi connectivity index (χ4n) is 4.68. The lowest BCUT2D eigenvalue weighted by atomic mass is 10.1. The molecule has 35 heavy (non-hydrogen) atoms. The molecule has 0 atom stereocenters. The standard InChI is InChI=1S/C26H26N6O3/c1-34-23-14-19(4-5-22(23)31-9-6-20(33)7-10-31)29-24-25-27-8-11-32(25)16-21(30-24)18-13-17-3-2-12-35-26(17)28-15-18/h4-5,8,11,13-16H,2-3,6-7,9-10,12H2,1H3,(H,29,30). The summed E-state index contributed by atoms with van der Waals surface area (Å²) in [5.74, 6) is 2.42. The SMILES string of the molecule is COc1cc(Nc2nc(-c3cnc4c(c3)CCCO4)cn3ccnc23)ccc1N1CCC(=O)CC1. The number of methoxy groups -OCH3 is 1. The molecule has 5 heterocycles. The number of rotatable bonds is 5. The summed E-state index contributed by atoms with van der Waals surface area (Å²) in [6, 6.07) is 8.09. The Balaban J connectivity index is 1.33. The summed E-state index contributed by atoms with van der Waals surface area (Å²) in [5, 5.41) is 3.43. The second kappa shape index (κ2) is 8.90. The van der Waals surface area contributed by atoms with Crippen LogP contribution in [0.5, 0.6) is 11.6 Å². The number of piperidine rings is 1. The highest BCUT2D eigenvalue weighted by Gasteiger charge is 2.20. The predicted molar refractivity (Wildman–Crippen MR) is 133 cm³/mol. The zero-order valence-corrected chi connectivity index (χ0v) is 19.5. The number of ketones is 1. The molecule has 0 radical (unpaired) electrons. The van der Waals surface area contributed by atoms with Gasteiger partial charge in [0, 0.05) is 73.6 Å². The van der Waals surface area contributed by atoms with Gasteiger partial charge in [-0.05, 0) is 31.0 Å². The third-order valence-corrected chi connectivity index (χ3v) is 6.53. The van der Waals surface area contributed by atoms with Crippen LogP contribution in [-0.4, -0.2) is 51.9 Å². The van der Waals surface area contributed by atoms with Gasteiger partial charge in [0.2, 0.25) is 5.88 Å². The molecule has 1 fully saturated rings. The summed E-state index contributed by atoms with van der Waals surface area (Å²) < 4.78 is 13.3. The zero-order valence-electron chi connectivity index (χ0n) is 19.5. The number of carbonyl (C=O) groups is 1. The second-order valence-electron chi connectivity index (χ2n) is 8.81. The Kier molecular flexibility index (Phi) is 5.44. The summed E-state index contributed by atoms with van der Waals surface area (Å²) in [7, 11) is 1.66. The first-order valence-corrected chi connectivity index (χ1v) is 11.9. The molecule has 1 aromatic carbocycles. The molecule has 3 aromatic heterocycles. The number of Topliss-reactive ketones (excluding diaryl/α,β-unsaturated/α-hetero) is 1. The van der Waals surface area contributed by atoms with Crippen molar-refractivity contribution in [2.45, 2.75) is 25.7 Å². The number of carbonyl (C=O) groups excluding carboxylic acids is 1. The molecule has 0 amide bonds. The smallest absolute Gasteiger partial charge is 0.216 e. The van der Waals surface area contributed by atoms with Gasteiger partial charge in [0.05, 0.1) is 25.1 Å². The maximum Gasteiger partial charge on any atom is 0.216 e. The lowest BCUT2D eigenvalue weighted by molar-refractivity contribution is -0.119. The largest absolute Gasteiger partial charge is 0.495 e. The molecule has 9 heteroatoms. The van der Waals surface area contributed by atoms with Crippen molar-refractivity contribution in [1.29, 1.82) is 0 Å². The van der Waals surface area contributed by atoms with E-state index in [0.717, 1.165) is 52.4 Å². The van der Waals surface area contributed by atoms with Crippen LogP contribution in [0.1, 0.15) is 24.8 Å². The molecule has 0 spiro atoms. The van der Waals surface area contributed by atoms with Gasteiger partial charge in [0.1, 0.15) is 11.5 Å². The molecule has 0 unspecified atom stereocenters. The highest BCUT2D eigenvalue weighted by atomic mass is 16.5. The summed E-state index contributed by atoms with van der Waals surface area (Å²) in [4.78, 5) is 27.7. The van der Waals surface area contributed by atoms with Crippen molar-refractivity contribution in [2.24, 2.45) is 0 Å². The van der Waals surface area contributed by atoms with Crippen molar-refractivity contribution in [2.75, 3.05) is 37.0 Å². The number of hydrogen-bond donors (Lipinski definition) is 1. The van der Waals surface area contributed by atoms with E-state index in [0.29, 0.717) is 50.0 Å². The molecule has 0 bridgehead atoms. The van der Waals surface area contributed by atoms with Crippen LogP contribution in [-0.2, 0) is 11.2 Å². The average molecular weight is 471 g/mol. The van der Waals surface area contributed by atoms with Gasteiger partial charge in [-0.15, -0.1) is 0 Å². The fourth-order valence-corrected chi connectivity index (χ4v) is 4.68. The van der Waals surface area contributed by atoms with Crippen molar-refractivity contribution < 1.29 is 14.3 Å². The molecule has 2 aliphatic rings. The molecule has 9 nitrogen and oxygen atoms in total. The summed E-state index contributed by atoms with van der Waals surface area (Å²) in [6.07, 6.45) is 10.5. The van der Waals surface area contributed by atoms with E-state index in [1.807, 2.05) is 35.0 Å². The van der Waals surface area contributed by atoms with E-state index in [4.69, 9.17) is 14.5 Å². The van der Waals surface area contributed by atoms with E-state index in [-0.39, 0.29) is 0 Å². The van der Waals surface area contributed by atoms with Crippen molar-refractivity contribution in [3.05, 3.63) is 54.6 Å². The molecule has 178 valence electrons. The Morgan fingerprint density at radius 3 is 2.86 bits per heavy atom. The minimum absolute atomic E-state index is 0.315. The third-order valence-electron chi connectivity index (χ3n) is 6.53. The zero-order chi connectivity index (χ0) is 23.8. The normalized spacial score (nSPS) is 15.6. The Morgan fingerprint density at radius 1 is 1.11 bits per heavy atom. The van der Waals surface area contributed by atoms with Crippen molar-refractivity contribution in [3.63, 3.8) is 0 Å². The molecule has 1 saturated heterocycles. The molecule has 2 aliphatic heterocycles. The van der Waals surface area contributed by atoms with Crippen LogP contribution in [0.4, 0.5) is 17.2 Å². The number of pyridine rings is 1. The van der Waals surface area contributed by atoms with Gasteiger partial charge in [-0.25, -0.2) is 15.0 Å². The quantitative estimate of drug-likeness (QED) is 0.467. The van der Waals surface area contributed by atoms with Gasteiger partial charge < -0.3 is 24.1 Å². The monoisotopic (exact) mass is 470 g/mol. The van der Waals surface area contributed by atoms with Crippen molar-refractivity contribution in [3.8, 4) is 22.9 Å². The number of aromatic nitrogens is 4. The van der Waals surface area contributed by atoms with Gasteiger partial charge in [0.15, 0.2) is 11.5 Å². The van der Waals surface area contributed by atoms with Crippen molar-refractivity contribution >= 4 is 28.6 Å². The predicted octanol–water partition coefficient (Wildman–Crippen LogP) is 4.04. The van der Waals surface area contributed by atoms with Crippen LogP contribution in [0.15, 0.2) is 49.1 Å². The number of fused-ring (bicyclic) bond motifs is 2. The van der Waals surface area contributed by atoms with Gasteiger partial charge in [-0.2, -0.15) is 0 Å². The Morgan fingerprint density at radius 2 is 2.00 bits per heavy atom. The number of nitrogens with one attached hydrogen (secondary N) is 1. The lowest BCUT2D eigenvalue weighted by Crippen LogP contribution is -2.33. The van der Waals surface area contributed by atoms with Gasteiger partial charge in [0.25, 0.3) is 0 Å². The number of nitrogens with zero attached hydrogens (tertiary/aromatic N) is 5. The van der Waals surface area contributed by atoms with E-state index < -0.39 is 0 Å². The minimum atomic E-state index is 0.315. The molecule has 0 saturated carbocycles. The van der Waals surface area contributed by atoms with Crippen LogP contribution in [0.3, 0.4) is 0 Å². The first-order chi connectivity index (χ1) is 17.2. The molecule has 1 N–H and O–H groups in total. The number of hydrogen-bond acceptors (Lipinski definition) is 8. The van der Waals surface area contributed by atoms with Crippen molar-refractivity contribution in [1.82, 2.24) is 19.4 Å². The second-order valence-corrected chi connectivity index (χ2v) is 8.81. The summed E-state index contributed by atoms with van der Waals surface area (Å²) >= 11 is 0. The Hall–Kier alpha value is -4.14. The van der Waals surface area contributed by atoms with Crippen LogP contribution in [0.2, 0.25) is 0 Å². The van der Waals surface area contributed by atoms with Gasteiger partial charge >= 0.3 is 0 Å². The van der Waals surface area contributed by atoms with Gasteiger partial charge in [-0.1, -0.05) is 0 Å². The Labute approximate surface area is 202 Å². The number of anilines is 3. The van der Waals surface area contributed by atoms with Crippen LogP contribution in [0, 0.1) is 0 Å². The molecular weight excluding hydrogens is 444 g/mol. The number of ether oxygens (including phenoxy) is 2. The maximum absolute atomic E-state index is 11.6. The Bertz CT molecular complexity index is 1410. The van der Waals surface area contributed by atoms with E-state index in [9.17, 15) is 4.79 Å². The van der Waals surface area contributed by atoms with E-state index >= 15 is 0 Å². The topological polar surface area (TPSA) is 93.9 Å². The number of aryl methyl sites for hydroxylation is 1. The number of imidazole rings is 1. The van der Waals surface area contributed by atoms with E-state index in [1.54, 1.807) is 19.5 Å². The van der Waals surface area contributed by atoms with Gasteiger partial charge in [-0.3, -0.25) is 4.79 Å². The maximum atomic E-state index is 11.6. The number of benzene rings is 1. The van der Waals surface area contributed by atoms with Crippen LogP contribution >= 0.6 is 0 Å². The summed E-state index contributed by atoms with van der Waals surface area (Å²) in [5.41, 5.74) is 5.38. The lowest BCUT2D eigenvalue weighted by Gasteiger charge is -2.29. The van der Waals surface area contributed by atoms with E-state index in [1.165, 1.54) is 0 Å². The molecular formula is C26H26N6O3. The van der Waals surface area contributed by atoms with E-state index in [2.05, 4.69) is 26.3 Å². The first-order valence-electron chi connectivity index (χ1n) is 11.9. The fraction of sp³-hybridized carbons (Fsp3) is 0.308. The van der Waals surface area contributed by atoms with Crippen LogP contribution in [0.25, 0.3) is 16.9 Å². The molecule has 0 aliphatic carbocycles.